The van der Waals surface area contributed by atoms with Crippen molar-refractivity contribution >= 4 is 41.5 Å². The smallest absolute Gasteiger partial charge is 0.191 e. The van der Waals surface area contributed by atoms with Gasteiger partial charge in [0.2, 0.25) is 0 Å². The molecule has 1 saturated heterocycles. The van der Waals surface area contributed by atoms with Crippen LogP contribution in [0, 0.1) is 5.92 Å². The van der Waals surface area contributed by atoms with E-state index < -0.39 is 0 Å². The summed E-state index contributed by atoms with van der Waals surface area (Å²) in [6, 6.07) is 8.03. The van der Waals surface area contributed by atoms with Crippen LogP contribution >= 0.6 is 35.6 Å². The summed E-state index contributed by atoms with van der Waals surface area (Å²) in [6.07, 6.45) is 0.932. The predicted octanol–water partition coefficient (Wildman–Crippen LogP) is 2.94. The van der Waals surface area contributed by atoms with Gasteiger partial charge in [-0.1, -0.05) is 30.7 Å². The first-order chi connectivity index (χ1) is 12.6. The molecule has 1 heterocycles. The Kier molecular flexibility index (Phi) is 12.3. The van der Waals surface area contributed by atoms with E-state index in [1.807, 2.05) is 18.2 Å². The summed E-state index contributed by atoms with van der Waals surface area (Å²) in [6.45, 7) is 12.8. The molecule has 2 rings (SSSR count). The van der Waals surface area contributed by atoms with Gasteiger partial charge in [0.15, 0.2) is 5.96 Å². The Morgan fingerprint density at radius 2 is 1.96 bits per heavy atom. The number of piperazine rings is 1. The molecule has 1 atom stereocenters. The zero-order valence-corrected chi connectivity index (χ0v) is 20.0. The van der Waals surface area contributed by atoms with E-state index in [2.05, 4.69) is 47.4 Å². The fraction of sp³-hybridized carbons (Fsp3) is 0.650. The molecule has 0 saturated carbocycles. The van der Waals surface area contributed by atoms with E-state index >= 15 is 0 Å². The summed E-state index contributed by atoms with van der Waals surface area (Å²) in [5.41, 5.74) is 1.24. The zero-order valence-electron chi connectivity index (χ0n) is 16.9. The van der Waals surface area contributed by atoms with Gasteiger partial charge in [-0.2, -0.15) is 0 Å². The van der Waals surface area contributed by atoms with Crippen LogP contribution in [-0.4, -0.2) is 75.2 Å². The molecular weight excluding hydrogens is 473 g/mol. The second-order valence-corrected chi connectivity index (χ2v) is 7.67. The topological polar surface area (TPSA) is 42.9 Å². The Bertz CT molecular complexity index is 561. The van der Waals surface area contributed by atoms with Crippen molar-refractivity contribution in [1.29, 1.82) is 0 Å². The Labute approximate surface area is 186 Å². The number of rotatable bonds is 8. The molecule has 0 bridgehead atoms. The van der Waals surface area contributed by atoms with Crippen LogP contribution < -0.4 is 10.6 Å². The number of aliphatic imine (C=N–C) groups is 1. The highest BCUT2D eigenvalue weighted by atomic mass is 127. The summed E-state index contributed by atoms with van der Waals surface area (Å²) in [5, 5.41) is 7.56. The molecule has 27 heavy (non-hydrogen) atoms. The summed E-state index contributed by atoms with van der Waals surface area (Å²) in [7, 11) is 2.20. The van der Waals surface area contributed by atoms with Gasteiger partial charge in [-0.25, -0.2) is 0 Å². The minimum absolute atomic E-state index is 0. The van der Waals surface area contributed by atoms with E-state index in [1.54, 1.807) is 0 Å². The van der Waals surface area contributed by atoms with Crippen LogP contribution in [0.4, 0.5) is 0 Å². The van der Waals surface area contributed by atoms with Crippen LogP contribution in [0.25, 0.3) is 0 Å². The highest BCUT2D eigenvalue weighted by molar-refractivity contribution is 14.0. The van der Waals surface area contributed by atoms with Crippen molar-refractivity contribution in [1.82, 2.24) is 20.4 Å². The number of nitrogens with zero attached hydrogens (tertiary/aromatic N) is 3. The standard InChI is InChI=1S/C20H34ClN5.HI/c1-4-22-20(23-9-8-18-6-5-7-19(21)14-18)24-15-17(2)16-26-12-10-25(3)11-13-26;/h5-7,14,17H,4,8-13,15-16H2,1-3H3,(H2,22,23,24);1H. The van der Waals surface area contributed by atoms with Gasteiger partial charge in [-0.05, 0) is 44.0 Å². The molecule has 1 aromatic rings. The lowest BCUT2D eigenvalue weighted by Gasteiger charge is -2.33. The molecule has 0 aromatic heterocycles. The largest absolute Gasteiger partial charge is 0.357 e. The molecular formula is C20H35ClIN5. The number of hydrogen-bond acceptors (Lipinski definition) is 3. The average molecular weight is 508 g/mol. The Hall–Kier alpha value is -0.570. The molecule has 0 aliphatic carbocycles. The molecule has 154 valence electrons. The second kappa shape index (κ2) is 13.6. The van der Waals surface area contributed by atoms with Gasteiger partial charge in [-0.15, -0.1) is 24.0 Å². The lowest BCUT2D eigenvalue weighted by molar-refractivity contribution is 0.140. The lowest BCUT2D eigenvalue weighted by atomic mass is 10.1. The Morgan fingerprint density at radius 3 is 2.63 bits per heavy atom. The number of hydrogen-bond donors (Lipinski definition) is 2. The van der Waals surface area contributed by atoms with Gasteiger partial charge in [0.25, 0.3) is 0 Å². The minimum Gasteiger partial charge on any atom is -0.357 e. The summed E-state index contributed by atoms with van der Waals surface area (Å²) < 4.78 is 0. The van der Waals surface area contributed by atoms with E-state index in [4.69, 9.17) is 16.6 Å². The third-order valence-electron chi connectivity index (χ3n) is 4.67. The summed E-state index contributed by atoms with van der Waals surface area (Å²) in [4.78, 5) is 9.72. The first-order valence-electron chi connectivity index (χ1n) is 9.74. The molecule has 0 amide bonds. The van der Waals surface area contributed by atoms with Crippen molar-refractivity contribution in [2.45, 2.75) is 20.3 Å². The second-order valence-electron chi connectivity index (χ2n) is 7.24. The van der Waals surface area contributed by atoms with Gasteiger partial charge >= 0.3 is 0 Å². The minimum atomic E-state index is 0. The molecule has 5 nitrogen and oxygen atoms in total. The molecule has 0 radical (unpaired) electrons. The van der Waals surface area contributed by atoms with Crippen molar-refractivity contribution in [3.05, 3.63) is 34.9 Å². The molecule has 1 aliphatic heterocycles. The summed E-state index contributed by atoms with van der Waals surface area (Å²) >= 11 is 6.05. The highest BCUT2D eigenvalue weighted by Gasteiger charge is 2.15. The Balaban J connectivity index is 0.00000364. The number of nitrogens with one attached hydrogen (secondary N) is 2. The van der Waals surface area contributed by atoms with Gasteiger partial charge in [-0.3, -0.25) is 4.99 Å². The predicted molar refractivity (Wildman–Crippen MR) is 128 cm³/mol. The molecule has 1 unspecified atom stereocenters. The van der Waals surface area contributed by atoms with Crippen LogP contribution in [0.15, 0.2) is 29.3 Å². The number of guanidine groups is 1. The maximum atomic E-state index is 6.05. The quantitative estimate of drug-likeness (QED) is 0.323. The molecule has 1 fully saturated rings. The maximum Gasteiger partial charge on any atom is 0.191 e. The third-order valence-corrected chi connectivity index (χ3v) is 4.90. The van der Waals surface area contributed by atoms with Crippen molar-refractivity contribution in [3.8, 4) is 0 Å². The van der Waals surface area contributed by atoms with Gasteiger partial charge in [0.1, 0.15) is 0 Å². The van der Waals surface area contributed by atoms with E-state index in [1.165, 1.54) is 31.7 Å². The van der Waals surface area contributed by atoms with Crippen LogP contribution in [0.1, 0.15) is 19.4 Å². The highest BCUT2D eigenvalue weighted by Crippen LogP contribution is 2.10. The average Bonchev–Trinajstić information content (AvgIpc) is 2.62. The molecule has 2 N–H and O–H groups in total. The van der Waals surface area contributed by atoms with E-state index in [-0.39, 0.29) is 24.0 Å². The third kappa shape index (κ3) is 9.96. The Morgan fingerprint density at radius 1 is 1.22 bits per heavy atom. The van der Waals surface area contributed by atoms with E-state index in [0.717, 1.165) is 43.6 Å². The van der Waals surface area contributed by atoms with Crippen molar-refractivity contribution < 1.29 is 0 Å². The van der Waals surface area contributed by atoms with Crippen LogP contribution in [0.5, 0.6) is 0 Å². The molecule has 1 aliphatic rings. The number of benzene rings is 1. The first-order valence-corrected chi connectivity index (χ1v) is 10.1. The maximum absolute atomic E-state index is 6.05. The number of halogens is 2. The first kappa shape index (κ1) is 24.5. The summed E-state index contributed by atoms with van der Waals surface area (Å²) in [5.74, 6) is 1.46. The lowest BCUT2D eigenvalue weighted by Crippen LogP contribution is -2.46. The van der Waals surface area contributed by atoms with Gasteiger partial charge in [0.05, 0.1) is 0 Å². The fourth-order valence-electron chi connectivity index (χ4n) is 3.14. The van der Waals surface area contributed by atoms with E-state index in [9.17, 15) is 0 Å². The van der Waals surface area contributed by atoms with Crippen molar-refractivity contribution in [3.63, 3.8) is 0 Å². The fourth-order valence-corrected chi connectivity index (χ4v) is 3.35. The van der Waals surface area contributed by atoms with Crippen LogP contribution in [0.3, 0.4) is 0 Å². The van der Waals surface area contributed by atoms with Crippen molar-refractivity contribution in [2.75, 3.05) is 59.4 Å². The molecule has 7 heteroatoms. The SMILES string of the molecule is CCNC(=NCC(C)CN1CCN(C)CC1)NCCc1cccc(Cl)c1.I. The van der Waals surface area contributed by atoms with Gasteiger partial charge < -0.3 is 20.4 Å². The van der Waals surface area contributed by atoms with E-state index in [0.29, 0.717) is 5.92 Å². The van der Waals surface area contributed by atoms with Gasteiger partial charge in [0, 0.05) is 57.4 Å². The van der Waals surface area contributed by atoms with Crippen molar-refractivity contribution in [2.24, 2.45) is 10.9 Å². The molecule has 0 spiro atoms. The monoisotopic (exact) mass is 507 g/mol. The van der Waals surface area contributed by atoms with Crippen LogP contribution in [0.2, 0.25) is 5.02 Å². The zero-order chi connectivity index (χ0) is 18.8. The molecule has 1 aromatic carbocycles. The normalized spacial score (nSPS) is 17.3. The van der Waals surface area contributed by atoms with Crippen LogP contribution in [-0.2, 0) is 6.42 Å². The number of likely N-dealkylation sites (N-methyl/N-ethyl adjacent to an activating group) is 1.